The monoisotopic (exact) mass is 450 g/mol. The van der Waals surface area contributed by atoms with Crippen LogP contribution in [0.1, 0.15) is 51.2 Å². The van der Waals surface area contributed by atoms with E-state index in [0.29, 0.717) is 11.5 Å². The average Bonchev–Trinajstić information content (AvgIpc) is 2.54. The van der Waals surface area contributed by atoms with Gasteiger partial charge in [-0.05, 0) is 85.5 Å². The molecule has 0 bridgehead atoms. The number of hydrogen-bond donors (Lipinski definition) is 0. The van der Waals surface area contributed by atoms with Crippen molar-refractivity contribution in [3.05, 3.63) is 56.9 Å². The maximum atomic E-state index is 14.7. The highest BCUT2D eigenvalue weighted by molar-refractivity contribution is 14.1. The Morgan fingerprint density at radius 2 is 2.04 bits per heavy atom. The van der Waals surface area contributed by atoms with Crippen LogP contribution in [-0.2, 0) is 0 Å². The van der Waals surface area contributed by atoms with Gasteiger partial charge in [0.2, 0.25) is 0 Å². The quantitative estimate of drug-likeness (QED) is 0.396. The van der Waals surface area contributed by atoms with Crippen LogP contribution >= 0.6 is 22.6 Å². The van der Waals surface area contributed by atoms with Gasteiger partial charge >= 0.3 is 0 Å². The Balaban J connectivity index is 2.02. The summed E-state index contributed by atoms with van der Waals surface area (Å²) in [7, 11) is 0. The maximum Gasteiger partial charge on any atom is 0.134 e. The number of halogens is 2. The third-order valence-electron chi connectivity index (χ3n) is 5.02. The van der Waals surface area contributed by atoms with Crippen molar-refractivity contribution < 1.29 is 4.39 Å². The number of benzene rings is 2. The molecule has 2 aromatic carbocycles. The van der Waals surface area contributed by atoms with Crippen molar-refractivity contribution in [1.82, 2.24) is 0 Å². The molecule has 0 aliphatic carbocycles. The number of aliphatic imine (C=N–C) groups is 1. The van der Waals surface area contributed by atoms with Crippen molar-refractivity contribution in [2.75, 3.05) is 11.4 Å². The van der Waals surface area contributed by atoms with Crippen molar-refractivity contribution in [2.24, 2.45) is 4.99 Å². The van der Waals surface area contributed by atoms with E-state index in [1.54, 1.807) is 12.3 Å². The molecule has 1 heterocycles. The highest BCUT2D eigenvalue weighted by Gasteiger charge is 2.36. The van der Waals surface area contributed by atoms with Gasteiger partial charge in [0.25, 0.3) is 0 Å². The molecule has 1 unspecified atom stereocenters. The molecule has 1 aliphatic rings. The van der Waals surface area contributed by atoms with Crippen LogP contribution in [0.4, 0.5) is 15.8 Å². The van der Waals surface area contributed by atoms with E-state index in [1.165, 1.54) is 5.56 Å². The summed E-state index contributed by atoms with van der Waals surface area (Å²) in [4.78, 5) is 6.80. The number of hydrogen-bond acceptors (Lipinski definition) is 2. The van der Waals surface area contributed by atoms with Crippen LogP contribution in [0, 0.1) is 9.39 Å². The fourth-order valence-corrected chi connectivity index (χ4v) is 4.44. The van der Waals surface area contributed by atoms with Gasteiger partial charge < -0.3 is 4.90 Å². The minimum Gasteiger partial charge on any atom is -0.366 e. The molecule has 0 saturated heterocycles. The zero-order valence-electron chi connectivity index (χ0n) is 15.2. The molecule has 132 valence electrons. The molecular weight excluding hydrogens is 426 g/mol. The zero-order valence-corrected chi connectivity index (χ0v) is 17.3. The lowest BCUT2D eigenvalue weighted by atomic mass is 9.79. The number of anilines is 1. The van der Waals surface area contributed by atoms with Crippen LogP contribution in [0.5, 0.6) is 0 Å². The SMILES string of the molecule is CCN1c2cc(F)c(C=Nc3ccccc3I)cc2C(C)CC1(C)C. The summed E-state index contributed by atoms with van der Waals surface area (Å²) < 4.78 is 15.8. The minimum atomic E-state index is -0.211. The summed E-state index contributed by atoms with van der Waals surface area (Å²) in [6.07, 6.45) is 2.71. The van der Waals surface area contributed by atoms with E-state index in [1.807, 2.05) is 30.3 Å². The van der Waals surface area contributed by atoms with Gasteiger partial charge in [0.05, 0.1) is 5.69 Å². The predicted molar refractivity (Wildman–Crippen MR) is 113 cm³/mol. The molecule has 3 rings (SSSR count). The van der Waals surface area contributed by atoms with Crippen molar-refractivity contribution in [2.45, 2.75) is 45.6 Å². The molecule has 0 N–H and O–H groups in total. The molecule has 0 saturated carbocycles. The zero-order chi connectivity index (χ0) is 18.2. The highest BCUT2D eigenvalue weighted by Crippen LogP contribution is 2.43. The number of fused-ring (bicyclic) bond motifs is 1. The molecule has 2 nitrogen and oxygen atoms in total. The Morgan fingerprint density at radius 3 is 2.72 bits per heavy atom. The Labute approximate surface area is 163 Å². The molecule has 4 heteroatoms. The van der Waals surface area contributed by atoms with E-state index in [4.69, 9.17) is 0 Å². The van der Waals surface area contributed by atoms with Crippen LogP contribution in [0.2, 0.25) is 0 Å². The Kier molecular flexibility index (Phi) is 5.19. The van der Waals surface area contributed by atoms with Crippen LogP contribution in [0.3, 0.4) is 0 Å². The molecule has 2 aromatic rings. The molecule has 1 atom stereocenters. The van der Waals surface area contributed by atoms with Crippen LogP contribution in [0.15, 0.2) is 41.4 Å². The summed E-state index contributed by atoms with van der Waals surface area (Å²) in [5.74, 6) is 0.189. The summed E-state index contributed by atoms with van der Waals surface area (Å²) in [6.45, 7) is 9.71. The standard InChI is InChI=1S/C21H24FIN2/c1-5-25-20-11-17(22)15(10-16(20)14(2)12-21(25,3)4)13-24-19-9-7-6-8-18(19)23/h6-11,13-14H,5,12H2,1-4H3. The van der Waals surface area contributed by atoms with E-state index in [2.05, 4.69) is 60.2 Å². The van der Waals surface area contributed by atoms with E-state index < -0.39 is 0 Å². The largest absolute Gasteiger partial charge is 0.366 e. The van der Waals surface area contributed by atoms with Crippen LogP contribution in [0.25, 0.3) is 0 Å². The summed E-state index contributed by atoms with van der Waals surface area (Å²) in [5.41, 5.74) is 3.70. The fraction of sp³-hybridized carbons (Fsp3) is 0.381. The van der Waals surface area contributed by atoms with Crippen molar-refractivity contribution in [3.8, 4) is 0 Å². The van der Waals surface area contributed by atoms with Gasteiger partial charge in [0, 0.05) is 33.1 Å². The van der Waals surface area contributed by atoms with Gasteiger partial charge in [-0.3, -0.25) is 4.99 Å². The molecule has 0 aromatic heterocycles. The lowest BCUT2D eigenvalue weighted by Gasteiger charge is -2.47. The van der Waals surface area contributed by atoms with Gasteiger partial charge in [0.1, 0.15) is 5.82 Å². The van der Waals surface area contributed by atoms with Gasteiger partial charge in [-0.15, -0.1) is 0 Å². The molecule has 25 heavy (non-hydrogen) atoms. The molecule has 0 amide bonds. The second kappa shape index (κ2) is 7.06. The van der Waals surface area contributed by atoms with Crippen molar-refractivity contribution in [1.29, 1.82) is 0 Å². The fourth-order valence-electron chi connectivity index (χ4n) is 3.91. The molecule has 1 aliphatic heterocycles. The summed E-state index contributed by atoms with van der Waals surface area (Å²) in [6, 6.07) is 11.5. The maximum absolute atomic E-state index is 14.7. The van der Waals surface area contributed by atoms with Crippen molar-refractivity contribution in [3.63, 3.8) is 0 Å². The first kappa shape index (κ1) is 18.4. The normalized spacial score (nSPS) is 19.3. The number of rotatable bonds is 3. The first-order valence-corrected chi connectivity index (χ1v) is 9.81. The lowest BCUT2D eigenvalue weighted by molar-refractivity contribution is 0.380. The van der Waals surface area contributed by atoms with Crippen LogP contribution in [-0.4, -0.2) is 18.3 Å². The van der Waals surface area contributed by atoms with E-state index in [9.17, 15) is 4.39 Å². The Morgan fingerprint density at radius 1 is 1.32 bits per heavy atom. The molecular formula is C21H24FIN2. The molecule has 0 radical (unpaired) electrons. The molecule has 0 spiro atoms. The Hall–Kier alpha value is -1.43. The van der Waals surface area contributed by atoms with E-state index in [-0.39, 0.29) is 11.4 Å². The third-order valence-corrected chi connectivity index (χ3v) is 5.93. The molecule has 0 fully saturated rings. The first-order valence-electron chi connectivity index (χ1n) is 8.73. The first-order chi connectivity index (χ1) is 11.8. The topological polar surface area (TPSA) is 15.6 Å². The average molecular weight is 450 g/mol. The number of nitrogens with zero attached hydrogens (tertiary/aromatic N) is 2. The number of para-hydroxylation sites is 1. The lowest BCUT2D eigenvalue weighted by Crippen LogP contribution is -2.48. The third kappa shape index (κ3) is 3.59. The summed E-state index contributed by atoms with van der Waals surface area (Å²) >= 11 is 2.25. The second-order valence-corrected chi connectivity index (χ2v) is 8.47. The van der Waals surface area contributed by atoms with Gasteiger partial charge in [-0.1, -0.05) is 19.1 Å². The summed E-state index contributed by atoms with van der Waals surface area (Å²) in [5, 5.41) is 0. The van der Waals surface area contributed by atoms with Crippen LogP contribution < -0.4 is 4.90 Å². The Bertz CT molecular complexity index is 814. The van der Waals surface area contributed by atoms with E-state index in [0.717, 1.165) is 27.9 Å². The van der Waals surface area contributed by atoms with Gasteiger partial charge in [-0.2, -0.15) is 0 Å². The predicted octanol–water partition coefficient (Wildman–Crippen LogP) is 6.29. The smallest absolute Gasteiger partial charge is 0.134 e. The second-order valence-electron chi connectivity index (χ2n) is 7.30. The minimum absolute atomic E-state index is 0.0450. The van der Waals surface area contributed by atoms with Gasteiger partial charge in [-0.25, -0.2) is 4.39 Å². The van der Waals surface area contributed by atoms with E-state index >= 15 is 0 Å². The highest BCUT2D eigenvalue weighted by atomic mass is 127. The van der Waals surface area contributed by atoms with Crippen molar-refractivity contribution >= 4 is 40.2 Å². The van der Waals surface area contributed by atoms with Gasteiger partial charge in [0.15, 0.2) is 0 Å².